The fourth-order valence-electron chi connectivity index (χ4n) is 3.38. The lowest BCUT2D eigenvalue weighted by Crippen LogP contribution is -2.33. The zero-order chi connectivity index (χ0) is 22.6. The van der Waals surface area contributed by atoms with Crippen LogP contribution in [0.1, 0.15) is 17.5 Å². The highest BCUT2D eigenvalue weighted by molar-refractivity contribution is 5.89. The number of hydrogen-bond acceptors (Lipinski definition) is 4. The summed E-state index contributed by atoms with van der Waals surface area (Å²) in [7, 11) is 0. The lowest BCUT2D eigenvalue weighted by Gasteiger charge is -2.22. The van der Waals surface area contributed by atoms with E-state index in [2.05, 4.69) is 27.7 Å². The maximum atomic E-state index is 12.1. The van der Waals surface area contributed by atoms with Crippen LogP contribution in [0.4, 0.5) is 16.2 Å². The van der Waals surface area contributed by atoms with Gasteiger partial charge >= 0.3 is 6.03 Å². The first kappa shape index (κ1) is 23.0. The Morgan fingerprint density at radius 3 is 2.16 bits per heavy atom. The van der Waals surface area contributed by atoms with Crippen molar-refractivity contribution in [3.63, 3.8) is 0 Å². The second-order valence-electron chi connectivity index (χ2n) is 7.54. The average Bonchev–Trinajstić information content (AvgIpc) is 2.81. The van der Waals surface area contributed by atoms with Crippen LogP contribution in [0.5, 0.6) is 0 Å². The van der Waals surface area contributed by atoms with Gasteiger partial charge in [-0.1, -0.05) is 60.7 Å². The number of benzene rings is 3. The molecule has 0 fully saturated rings. The van der Waals surface area contributed by atoms with Gasteiger partial charge in [0.1, 0.15) is 0 Å². The molecule has 0 aliphatic rings. The summed E-state index contributed by atoms with van der Waals surface area (Å²) in [6, 6.07) is 26.1. The molecule has 0 radical (unpaired) electrons. The monoisotopic (exact) mass is 432 g/mol. The summed E-state index contributed by atoms with van der Waals surface area (Å²) in [6.45, 7) is 2.91. The van der Waals surface area contributed by atoms with Crippen LogP contribution in [0.2, 0.25) is 0 Å². The first-order valence-corrected chi connectivity index (χ1v) is 10.7. The number of rotatable bonds is 11. The van der Waals surface area contributed by atoms with Crippen molar-refractivity contribution in [1.82, 2.24) is 10.2 Å². The highest BCUT2D eigenvalue weighted by Gasteiger charge is 2.10. The Morgan fingerprint density at radius 1 is 0.844 bits per heavy atom. The number of non-ortho nitro benzene ring substituents is 1. The molecule has 3 rings (SSSR count). The van der Waals surface area contributed by atoms with Crippen LogP contribution < -0.4 is 10.6 Å². The molecule has 0 atom stereocenters. The fraction of sp³-hybridized carbons (Fsp3) is 0.240. The third-order valence-corrected chi connectivity index (χ3v) is 5.08. The largest absolute Gasteiger partial charge is 0.338 e. The van der Waals surface area contributed by atoms with Gasteiger partial charge in [0.25, 0.3) is 5.69 Å². The molecule has 2 amide bonds. The molecule has 2 N–H and O–H groups in total. The number of anilines is 1. The zero-order valence-corrected chi connectivity index (χ0v) is 17.9. The summed E-state index contributed by atoms with van der Waals surface area (Å²) in [5.74, 6) is 0. The third-order valence-electron chi connectivity index (χ3n) is 5.08. The lowest BCUT2D eigenvalue weighted by molar-refractivity contribution is -0.384. The van der Waals surface area contributed by atoms with E-state index in [1.807, 2.05) is 48.5 Å². The average molecular weight is 433 g/mol. The minimum absolute atomic E-state index is 0.0956. The molecule has 166 valence electrons. The van der Waals surface area contributed by atoms with E-state index in [0.717, 1.165) is 37.2 Å². The Balaban J connectivity index is 1.50. The van der Waals surface area contributed by atoms with Crippen molar-refractivity contribution in [1.29, 1.82) is 0 Å². The summed E-state index contributed by atoms with van der Waals surface area (Å²) in [5.41, 5.74) is 3.14. The molecule has 7 nitrogen and oxygen atoms in total. The van der Waals surface area contributed by atoms with Gasteiger partial charge in [0.15, 0.2) is 0 Å². The molecule has 0 aliphatic carbocycles. The molecule has 0 aromatic heterocycles. The van der Waals surface area contributed by atoms with Crippen molar-refractivity contribution in [2.24, 2.45) is 0 Å². The van der Waals surface area contributed by atoms with E-state index in [4.69, 9.17) is 0 Å². The number of hydrogen-bond donors (Lipinski definition) is 2. The number of urea groups is 1. The standard InChI is InChI=1S/C25H28N4O3/c30-25(27-23-10-5-2-6-11-23)26-17-7-18-28(19-16-21-8-3-1-4-9-21)20-22-12-14-24(15-13-22)29(31)32/h1-6,8-15H,7,16-20H2,(H2,26,27,30). The van der Waals surface area contributed by atoms with Gasteiger partial charge in [0.05, 0.1) is 4.92 Å². The van der Waals surface area contributed by atoms with Crippen molar-refractivity contribution in [3.8, 4) is 0 Å². The lowest BCUT2D eigenvalue weighted by atomic mass is 10.1. The Hall–Kier alpha value is -3.71. The highest BCUT2D eigenvalue weighted by atomic mass is 16.6. The number of nitrogens with zero attached hydrogens (tertiary/aromatic N) is 2. The summed E-state index contributed by atoms with van der Waals surface area (Å²) < 4.78 is 0. The minimum Gasteiger partial charge on any atom is -0.338 e. The quantitative estimate of drug-likeness (QED) is 0.258. The van der Waals surface area contributed by atoms with Gasteiger partial charge in [-0.2, -0.15) is 0 Å². The molecule has 0 unspecified atom stereocenters. The van der Waals surface area contributed by atoms with E-state index in [1.165, 1.54) is 5.56 Å². The molecule has 3 aromatic carbocycles. The predicted molar refractivity (Wildman–Crippen MR) is 127 cm³/mol. The molecule has 7 heteroatoms. The van der Waals surface area contributed by atoms with Crippen LogP contribution in [-0.2, 0) is 13.0 Å². The van der Waals surface area contributed by atoms with E-state index in [0.29, 0.717) is 13.1 Å². The predicted octanol–water partition coefficient (Wildman–Crippen LogP) is 4.85. The minimum atomic E-state index is -0.386. The zero-order valence-electron chi connectivity index (χ0n) is 17.9. The number of nitro groups is 1. The molecule has 0 heterocycles. The van der Waals surface area contributed by atoms with Gasteiger partial charge in [0, 0.05) is 44.0 Å². The molecule has 0 spiro atoms. The van der Waals surface area contributed by atoms with Crippen molar-refractivity contribution in [3.05, 3.63) is 106 Å². The summed E-state index contributed by atoms with van der Waals surface area (Å²) in [4.78, 5) is 24.9. The molecule has 3 aromatic rings. The summed E-state index contributed by atoms with van der Waals surface area (Å²) >= 11 is 0. The van der Waals surface area contributed by atoms with E-state index < -0.39 is 0 Å². The first-order valence-electron chi connectivity index (χ1n) is 10.7. The third kappa shape index (κ3) is 7.85. The van der Waals surface area contributed by atoms with Gasteiger partial charge in [0.2, 0.25) is 0 Å². The maximum Gasteiger partial charge on any atom is 0.319 e. The molecule has 32 heavy (non-hydrogen) atoms. The van der Waals surface area contributed by atoms with Gasteiger partial charge < -0.3 is 10.6 Å². The summed E-state index contributed by atoms with van der Waals surface area (Å²) in [5, 5.41) is 16.6. The van der Waals surface area contributed by atoms with Crippen LogP contribution in [-0.4, -0.2) is 35.5 Å². The second kappa shape index (κ2) is 12.2. The molecular formula is C25H28N4O3. The van der Waals surface area contributed by atoms with Crippen molar-refractivity contribution in [2.45, 2.75) is 19.4 Å². The molecule has 0 bridgehead atoms. The van der Waals surface area contributed by atoms with E-state index in [1.54, 1.807) is 24.3 Å². The van der Waals surface area contributed by atoms with Crippen LogP contribution >= 0.6 is 0 Å². The maximum absolute atomic E-state index is 12.1. The topological polar surface area (TPSA) is 87.5 Å². The van der Waals surface area contributed by atoms with Crippen LogP contribution in [0.25, 0.3) is 0 Å². The molecule has 0 saturated heterocycles. The van der Waals surface area contributed by atoms with E-state index in [9.17, 15) is 14.9 Å². The Bertz CT molecular complexity index is 979. The number of nitrogens with one attached hydrogen (secondary N) is 2. The Kier molecular flexibility index (Phi) is 8.77. The smallest absolute Gasteiger partial charge is 0.319 e. The molecule has 0 aliphatic heterocycles. The highest BCUT2D eigenvalue weighted by Crippen LogP contribution is 2.14. The molecular weight excluding hydrogens is 404 g/mol. The van der Waals surface area contributed by atoms with Gasteiger partial charge in [-0.15, -0.1) is 0 Å². The first-order chi connectivity index (χ1) is 15.6. The molecule has 0 saturated carbocycles. The SMILES string of the molecule is O=C(NCCCN(CCc1ccccc1)Cc1ccc([N+](=O)[O-])cc1)Nc1ccccc1. The van der Waals surface area contributed by atoms with Crippen LogP contribution in [0.15, 0.2) is 84.9 Å². The van der Waals surface area contributed by atoms with Gasteiger partial charge in [-0.05, 0) is 36.1 Å². The van der Waals surface area contributed by atoms with E-state index >= 15 is 0 Å². The Labute approximate surface area is 188 Å². The Morgan fingerprint density at radius 2 is 1.50 bits per heavy atom. The van der Waals surface area contributed by atoms with Gasteiger partial charge in [-0.3, -0.25) is 15.0 Å². The van der Waals surface area contributed by atoms with Crippen molar-refractivity contribution < 1.29 is 9.72 Å². The number of carbonyl (C=O) groups excluding carboxylic acids is 1. The number of carbonyl (C=O) groups is 1. The van der Waals surface area contributed by atoms with Gasteiger partial charge in [-0.25, -0.2) is 4.79 Å². The van der Waals surface area contributed by atoms with Crippen LogP contribution in [0, 0.1) is 10.1 Å². The fourth-order valence-corrected chi connectivity index (χ4v) is 3.38. The number of para-hydroxylation sites is 1. The van der Waals surface area contributed by atoms with Crippen molar-refractivity contribution in [2.75, 3.05) is 25.0 Å². The number of amides is 2. The number of nitro benzene ring substituents is 1. The van der Waals surface area contributed by atoms with Crippen LogP contribution in [0.3, 0.4) is 0 Å². The van der Waals surface area contributed by atoms with E-state index in [-0.39, 0.29) is 16.6 Å². The summed E-state index contributed by atoms with van der Waals surface area (Å²) in [6.07, 6.45) is 1.71. The normalized spacial score (nSPS) is 10.7. The van der Waals surface area contributed by atoms with Crippen molar-refractivity contribution >= 4 is 17.4 Å². The second-order valence-corrected chi connectivity index (χ2v) is 7.54.